The summed E-state index contributed by atoms with van der Waals surface area (Å²) >= 11 is 0. The van der Waals surface area contributed by atoms with Crippen LogP contribution in [0.4, 0.5) is 0 Å². The van der Waals surface area contributed by atoms with Crippen molar-refractivity contribution in [1.29, 1.82) is 0 Å². The molecule has 0 spiro atoms. The molecule has 2 rings (SSSR count). The Balaban J connectivity index is 2.07. The zero-order valence-corrected chi connectivity index (χ0v) is 8.77. The molecule has 0 aliphatic heterocycles. The first-order valence-electron chi connectivity index (χ1n) is 5.10. The van der Waals surface area contributed by atoms with Gasteiger partial charge in [0.2, 0.25) is 0 Å². The molecule has 1 aliphatic rings. The minimum Gasteiger partial charge on any atom is -0.396 e. The van der Waals surface area contributed by atoms with E-state index in [4.69, 9.17) is 0 Å². The molecule has 1 heterocycles. The summed E-state index contributed by atoms with van der Waals surface area (Å²) in [6, 6.07) is 0. The highest BCUT2D eigenvalue weighted by molar-refractivity contribution is 5.02. The zero-order chi connectivity index (χ0) is 10.2. The van der Waals surface area contributed by atoms with E-state index < -0.39 is 0 Å². The molecular formula is C10H17N3O. The lowest BCUT2D eigenvalue weighted by Gasteiger charge is -2.25. The summed E-state index contributed by atoms with van der Waals surface area (Å²) in [6.45, 7) is 2.38. The summed E-state index contributed by atoms with van der Waals surface area (Å²) in [6.07, 6.45) is 5.26. The molecule has 0 saturated heterocycles. The van der Waals surface area contributed by atoms with Crippen molar-refractivity contribution in [3.8, 4) is 0 Å². The molecule has 0 bridgehead atoms. The second-order valence-electron chi connectivity index (χ2n) is 4.65. The van der Waals surface area contributed by atoms with Crippen molar-refractivity contribution in [3.63, 3.8) is 0 Å². The highest BCUT2D eigenvalue weighted by Gasteiger charge is 2.41. The molecule has 1 aromatic rings. The van der Waals surface area contributed by atoms with Gasteiger partial charge < -0.3 is 5.11 Å². The molecular weight excluding hydrogens is 178 g/mol. The Kier molecular flexibility index (Phi) is 2.31. The van der Waals surface area contributed by atoms with Gasteiger partial charge in [0, 0.05) is 26.3 Å². The van der Waals surface area contributed by atoms with Crippen LogP contribution in [-0.2, 0) is 13.5 Å². The van der Waals surface area contributed by atoms with E-state index in [1.165, 1.54) is 12.8 Å². The number of rotatable bonds is 4. The number of aliphatic hydroxyl groups is 1. The third-order valence-electron chi connectivity index (χ3n) is 3.16. The minimum atomic E-state index is 0.00995. The van der Waals surface area contributed by atoms with Crippen molar-refractivity contribution in [2.24, 2.45) is 18.4 Å². The first-order chi connectivity index (χ1) is 6.64. The average Bonchev–Trinajstić information content (AvgIpc) is 2.93. The standard InChI is InChI=1S/C10H17N3O/c1-10(7-14,8-3-4-8)5-9-6-13(2)12-11-9/h6,8,14H,3-5,7H2,1-2H3. The van der Waals surface area contributed by atoms with Crippen molar-refractivity contribution in [2.75, 3.05) is 6.61 Å². The van der Waals surface area contributed by atoms with Crippen LogP contribution < -0.4 is 0 Å². The molecule has 78 valence electrons. The van der Waals surface area contributed by atoms with Gasteiger partial charge in [0.25, 0.3) is 0 Å². The molecule has 1 fully saturated rings. The zero-order valence-electron chi connectivity index (χ0n) is 8.77. The Morgan fingerprint density at radius 2 is 2.36 bits per heavy atom. The van der Waals surface area contributed by atoms with Gasteiger partial charge in [-0.3, -0.25) is 4.68 Å². The molecule has 0 amide bonds. The third-order valence-corrected chi connectivity index (χ3v) is 3.16. The number of nitrogens with zero attached hydrogens (tertiary/aromatic N) is 3. The lowest BCUT2D eigenvalue weighted by Crippen LogP contribution is -2.27. The Hall–Kier alpha value is -0.900. The molecule has 1 aromatic heterocycles. The average molecular weight is 195 g/mol. The Morgan fingerprint density at radius 3 is 2.79 bits per heavy atom. The van der Waals surface area contributed by atoms with Crippen molar-refractivity contribution < 1.29 is 5.11 Å². The maximum absolute atomic E-state index is 9.41. The predicted molar refractivity (Wildman–Crippen MR) is 52.6 cm³/mol. The molecule has 1 atom stereocenters. The molecule has 1 N–H and O–H groups in total. The Bertz CT molecular complexity index is 319. The highest BCUT2D eigenvalue weighted by Crippen LogP contribution is 2.46. The van der Waals surface area contributed by atoms with E-state index in [2.05, 4.69) is 17.2 Å². The maximum atomic E-state index is 9.41. The van der Waals surface area contributed by atoms with Gasteiger partial charge in [0.15, 0.2) is 0 Å². The van der Waals surface area contributed by atoms with Crippen LogP contribution >= 0.6 is 0 Å². The van der Waals surface area contributed by atoms with E-state index >= 15 is 0 Å². The van der Waals surface area contributed by atoms with Gasteiger partial charge in [0.1, 0.15) is 0 Å². The summed E-state index contributed by atoms with van der Waals surface area (Å²) in [5.74, 6) is 0.675. The number of aromatic nitrogens is 3. The first-order valence-corrected chi connectivity index (χ1v) is 5.10. The lowest BCUT2D eigenvalue weighted by molar-refractivity contribution is 0.118. The molecule has 4 nitrogen and oxygen atoms in total. The van der Waals surface area contributed by atoms with Crippen molar-refractivity contribution in [1.82, 2.24) is 15.0 Å². The third kappa shape index (κ3) is 1.80. The monoisotopic (exact) mass is 195 g/mol. The molecule has 14 heavy (non-hydrogen) atoms. The van der Waals surface area contributed by atoms with Gasteiger partial charge in [-0.25, -0.2) is 0 Å². The van der Waals surface area contributed by atoms with Crippen LogP contribution in [0.2, 0.25) is 0 Å². The summed E-state index contributed by atoms with van der Waals surface area (Å²) in [5.41, 5.74) is 0.992. The van der Waals surface area contributed by atoms with Crippen LogP contribution in [-0.4, -0.2) is 26.7 Å². The molecule has 1 aliphatic carbocycles. The summed E-state index contributed by atoms with van der Waals surface area (Å²) in [4.78, 5) is 0. The second kappa shape index (κ2) is 3.35. The minimum absolute atomic E-state index is 0.00995. The fraction of sp³-hybridized carbons (Fsp3) is 0.800. The van der Waals surface area contributed by atoms with E-state index in [1.807, 2.05) is 13.2 Å². The summed E-state index contributed by atoms with van der Waals surface area (Å²) in [5, 5.41) is 17.4. The molecule has 1 unspecified atom stereocenters. The van der Waals surface area contributed by atoms with Crippen LogP contribution in [0, 0.1) is 11.3 Å². The number of aliphatic hydroxyl groups excluding tert-OH is 1. The molecule has 4 heteroatoms. The molecule has 0 aromatic carbocycles. The van der Waals surface area contributed by atoms with E-state index in [1.54, 1.807) is 4.68 Å². The van der Waals surface area contributed by atoms with Crippen LogP contribution in [0.5, 0.6) is 0 Å². The van der Waals surface area contributed by atoms with Crippen LogP contribution in [0.3, 0.4) is 0 Å². The van der Waals surface area contributed by atoms with Crippen molar-refractivity contribution >= 4 is 0 Å². The number of hydrogen-bond acceptors (Lipinski definition) is 3. The van der Waals surface area contributed by atoms with Gasteiger partial charge >= 0.3 is 0 Å². The van der Waals surface area contributed by atoms with Crippen LogP contribution in [0.25, 0.3) is 0 Å². The Morgan fingerprint density at radius 1 is 1.64 bits per heavy atom. The van der Waals surface area contributed by atoms with Gasteiger partial charge in [-0.2, -0.15) is 0 Å². The quantitative estimate of drug-likeness (QED) is 0.772. The fourth-order valence-corrected chi connectivity index (χ4v) is 2.00. The molecule has 0 radical (unpaired) electrons. The Labute approximate surface area is 83.9 Å². The van der Waals surface area contributed by atoms with E-state index in [-0.39, 0.29) is 12.0 Å². The smallest absolute Gasteiger partial charge is 0.0833 e. The lowest BCUT2D eigenvalue weighted by atomic mass is 9.81. The summed E-state index contributed by atoms with van der Waals surface area (Å²) in [7, 11) is 1.86. The van der Waals surface area contributed by atoms with Crippen molar-refractivity contribution in [2.45, 2.75) is 26.2 Å². The molecule has 1 saturated carbocycles. The fourth-order valence-electron chi connectivity index (χ4n) is 2.00. The predicted octanol–water partition coefficient (Wildman–Crippen LogP) is 0.766. The number of aryl methyl sites for hydroxylation is 1. The topological polar surface area (TPSA) is 50.9 Å². The highest BCUT2D eigenvalue weighted by atomic mass is 16.3. The summed E-state index contributed by atoms with van der Waals surface area (Å²) < 4.78 is 1.71. The second-order valence-corrected chi connectivity index (χ2v) is 4.65. The number of hydrogen-bond donors (Lipinski definition) is 1. The van der Waals surface area contributed by atoms with Crippen molar-refractivity contribution in [3.05, 3.63) is 11.9 Å². The van der Waals surface area contributed by atoms with Gasteiger partial charge in [0.05, 0.1) is 5.69 Å². The SMILES string of the molecule is Cn1cc(CC(C)(CO)C2CC2)nn1. The van der Waals surface area contributed by atoms with Crippen LogP contribution in [0.15, 0.2) is 6.20 Å². The van der Waals surface area contributed by atoms with Crippen LogP contribution in [0.1, 0.15) is 25.5 Å². The maximum Gasteiger partial charge on any atom is 0.0833 e. The van der Waals surface area contributed by atoms with E-state index in [0.29, 0.717) is 5.92 Å². The van der Waals surface area contributed by atoms with E-state index in [0.717, 1.165) is 12.1 Å². The normalized spacial score (nSPS) is 20.8. The van der Waals surface area contributed by atoms with E-state index in [9.17, 15) is 5.11 Å². The van der Waals surface area contributed by atoms with Gasteiger partial charge in [-0.1, -0.05) is 12.1 Å². The first kappa shape index (κ1) is 9.65. The largest absolute Gasteiger partial charge is 0.396 e. The van der Waals surface area contributed by atoms with Gasteiger partial charge in [-0.05, 0) is 24.2 Å². The van der Waals surface area contributed by atoms with Gasteiger partial charge in [-0.15, -0.1) is 5.10 Å².